The summed E-state index contributed by atoms with van der Waals surface area (Å²) in [5.41, 5.74) is 2.87. The number of aryl methyl sites for hydroxylation is 1. The van der Waals surface area contributed by atoms with Crippen LogP contribution in [0.3, 0.4) is 0 Å². The Morgan fingerprint density at radius 1 is 0.880 bits per heavy atom. The zero-order valence-corrected chi connectivity index (χ0v) is 16.2. The normalized spacial score (nSPS) is 17.5. The van der Waals surface area contributed by atoms with E-state index in [1.54, 1.807) is 17.7 Å². The van der Waals surface area contributed by atoms with Crippen LogP contribution < -0.4 is 0 Å². The first-order valence-corrected chi connectivity index (χ1v) is 10.7. The lowest BCUT2D eigenvalue weighted by Crippen LogP contribution is -2.06. The van der Waals surface area contributed by atoms with Gasteiger partial charge in [-0.15, -0.1) is 0 Å². The maximum absolute atomic E-state index is 12.9. The molecule has 1 heteroatoms. The van der Waals surface area contributed by atoms with Crippen molar-refractivity contribution in [2.24, 2.45) is 5.92 Å². The number of unbranched alkanes of at least 4 members (excludes halogenated alkanes) is 7. The van der Waals surface area contributed by atoms with Crippen molar-refractivity contribution < 1.29 is 4.39 Å². The summed E-state index contributed by atoms with van der Waals surface area (Å²) in [5.74, 6) is 0.791. The van der Waals surface area contributed by atoms with E-state index in [0.717, 1.165) is 18.8 Å². The third-order valence-electron chi connectivity index (χ3n) is 5.73. The second-order valence-electron chi connectivity index (χ2n) is 7.89. The summed E-state index contributed by atoms with van der Waals surface area (Å²) >= 11 is 0. The van der Waals surface area contributed by atoms with Crippen LogP contribution in [-0.4, -0.2) is 0 Å². The van der Waals surface area contributed by atoms with E-state index >= 15 is 0 Å². The first-order valence-electron chi connectivity index (χ1n) is 10.7. The zero-order chi connectivity index (χ0) is 17.7. The number of hydrogen-bond acceptors (Lipinski definition) is 0. The molecule has 140 valence electrons. The third-order valence-corrected chi connectivity index (χ3v) is 5.73. The van der Waals surface area contributed by atoms with Crippen molar-refractivity contribution >= 4 is 0 Å². The highest BCUT2D eigenvalue weighted by molar-refractivity contribution is 5.18. The minimum atomic E-state index is -0.135. The molecule has 2 rings (SSSR count). The van der Waals surface area contributed by atoms with Crippen LogP contribution in [0, 0.1) is 11.7 Å². The van der Waals surface area contributed by atoms with Crippen molar-refractivity contribution in [1.82, 2.24) is 0 Å². The molecule has 1 unspecified atom stereocenters. The van der Waals surface area contributed by atoms with Crippen LogP contribution in [0.15, 0.2) is 35.9 Å². The predicted octanol–water partition coefficient (Wildman–Crippen LogP) is 8.02. The van der Waals surface area contributed by atoms with Gasteiger partial charge in [-0.1, -0.05) is 88.5 Å². The molecule has 1 aromatic carbocycles. The Morgan fingerprint density at radius 2 is 1.56 bits per heavy atom. The Bertz CT molecular complexity index is 485. The molecule has 25 heavy (non-hydrogen) atoms. The Kier molecular flexibility index (Phi) is 9.92. The average Bonchev–Trinajstić information content (AvgIpc) is 2.64. The first kappa shape index (κ1) is 20.2. The van der Waals surface area contributed by atoms with E-state index in [1.807, 2.05) is 12.1 Å². The minimum absolute atomic E-state index is 0.135. The SMILES string of the molecule is CCCCCCCCCCC1CC=C(CCc2ccc(F)cc2)CC1. The van der Waals surface area contributed by atoms with Gasteiger partial charge in [0, 0.05) is 0 Å². The van der Waals surface area contributed by atoms with Crippen molar-refractivity contribution in [3.05, 3.63) is 47.3 Å². The topological polar surface area (TPSA) is 0 Å². The second kappa shape index (κ2) is 12.3. The van der Waals surface area contributed by atoms with Gasteiger partial charge in [-0.3, -0.25) is 0 Å². The third kappa shape index (κ3) is 8.70. The highest BCUT2D eigenvalue weighted by Crippen LogP contribution is 2.30. The molecule has 0 radical (unpaired) electrons. The van der Waals surface area contributed by atoms with Gasteiger partial charge in [0.25, 0.3) is 0 Å². The Hall–Kier alpha value is -1.11. The molecule has 1 aliphatic carbocycles. The summed E-state index contributed by atoms with van der Waals surface area (Å²) in [7, 11) is 0. The van der Waals surface area contributed by atoms with Crippen molar-refractivity contribution in [2.45, 2.75) is 96.8 Å². The first-order chi connectivity index (χ1) is 12.3. The highest BCUT2D eigenvalue weighted by atomic mass is 19.1. The number of halogens is 1. The van der Waals surface area contributed by atoms with Crippen LogP contribution in [0.4, 0.5) is 4.39 Å². The summed E-state index contributed by atoms with van der Waals surface area (Å²) in [5, 5.41) is 0. The molecule has 0 N–H and O–H groups in total. The number of benzene rings is 1. The molecule has 0 saturated heterocycles. The molecule has 0 amide bonds. The lowest BCUT2D eigenvalue weighted by atomic mass is 9.84. The monoisotopic (exact) mass is 344 g/mol. The number of rotatable bonds is 12. The predicted molar refractivity (Wildman–Crippen MR) is 107 cm³/mol. The molecule has 0 nitrogen and oxygen atoms in total. The fraction of sp³-hybridized carbons (Fsp3) is 0.667. The van der Waals surface area contributed by atoms with E-state index in [0.29, 0.717) is 0 Å². The van der Waals surface area contributed by atoms with Crippen LogP contribution in [0.2, 0.25) is 0 Å². The summed E-state index contributed by atoms with van der Waals surface area (Å²) in [6.07, 6.45) is 21.5. The smallest absolute Gasteiger partial charge is 0.123 e. The van der Waals surface area contributed by atoms with Crippen molar-refractivity contribution in [3.8, 4) is 0 Å². The molecule has 1 aromatic rings. The van der Waals surface area contributed by atoms with Gasteiger partial charge in [0.05, 0.1) is 0 Å². The molecule has 0 spiro atoms. The van der Waals surface area contributed by atoms with Crippen LogP contribution in [0.5, 0.6) is 0 Å². The molecule has 1 atom stereocenters. The molecule has 0 heterocycles. The van der Waals surface area contributed by atoms with Gasteiger partial charge in [-0.2, -0.15) is 0 Å². The fourth-order valence-electron chi connectivity index (χ4n) is 3.95. The quantitative estimate of drug-likeness (QED) is 0.266. The van der Waals surface area contributed by atoms with Crippen LogP contribution >= 0.6 is 0 Å². The van der Waals surface area contributed by atoms with E-state index in [1.165, 1.54) is 82.6 Å². The molecular weight excluding hydrogens is 307 g/mol. The van der Waals surface area contributed by atoms with Crippen molar-refractivity contribution in [1.29, 1.82) is 0 Å². The molecule has 1 aliphatic rings. The van der Waals surface area contributed by atoms with Gasteiger partial charge in [0.2, 0.25) is 0 Å². The van der Waals surface area contributed by atoms with E-state index in [4.69, 9.17) is 0 Å². The number of hydrogen-bond donors (Lipinski definition) is 0. The van der Waals surface area contributed by atoms with Crippen molar-refractivity contribution in [2.75, 3.05) is 0 Å². The molecule has 0 fully saturated rings. The van der Waals surface area contributed by atoms with Gasteiger partial charge in [0.15, 0.2) is 0 Å². The highest BCUT2D eigenvalue weighted by Gasteiger charge is 2.14. The lowest BCUT2D eigenvalue weighted by Gasteiger charge is -2.22. The Balaban J connectivity index is 1.52. The maximum Gasteiger partial charge on any atom is 0.123 e. The van der Waals surface area contributed by atoms with Gasteiger partial charge in [0.1, 0.15) is 5.82 Å². The molecule has 0 bridgehead atoms. The van der Waals surface area contributed by atoms with E-state index in [9.17, 15) is 4.39 Å². The number of allylic oxidation sites excluding steroid dienone is 2. The van der Waals surface area contributed by atoms with Crippen molar-refractivity contribution in [3.63, 3.8) is 0 Å². The lowest BCUT2D eigenvalue weighted by molar-refractivity contribution is 0.409. The maximum atomic E-state index is 12.9. The molecule has 0 saturated carbocycles. The summed E-state index contributed by atoms with van der Waals surface area (Å²) in [6.45, 7) is 2.28. The summed E-state index contributed by atoms with van der Waals surface area (Å²) in [6, 6.07) is 6.99. The summed E-state index contributed by atoms with van der Waals surface area (Å²) in [4.78, 5) is 0. The largest absolute Gasteiger partial charge is 0.207 e. The van der Waals surface area contributed by atoms with Gasteiger partial charge < -0.3 is 0 Å². The second-order valence-corrected chi connectivity index (χ2v) is 7.89. The van der Waals surface area contributed by atoms with Gasteiger partial charge >= 0.3 is 0 Å². The van der Waals surface area contributed by atoms with Crippen LogP contribution in [0.1, 0.15) is 96.0 Å². The van der Waals surface area contributed by atoms with Gasteiger partial charge in [-0.25, -0.2) is 4.39 Å². The van der Waals surface area contributed by atoms with Crippen LogP contribution in [-0.2, 0) is 6.42 Å². The van der Waals surface area contributed by atoms with Gasteiger partial charge in [-0.05, 0) is 55.7 Å². The minimum Gasteiger partial charge on any atom is -0.207 e. The fourth-order valence-corrected chi connectivity index (χ4v) is 3.95. The Labute approximate surface area is 154 Å². The van der Waals surface area contributed by atoms with E-state index in [-0.39, 0.29) is 5.82 Å². The average molecular weight is 345 g/mol. The van der Waals surface area contributed by atoms with Crippen LogP contribution in [0.25, 0.3) is 0 Å². The molecule has 0 aromatic heterocycles. The molecule has 0 aliphatic heterocycles. The Morgan fingerprint density at radius 3 is 2.20 bits per heavy atom. The van der Waals surface area contributed by atoms with E-state index < -0.39 is 0 Å². The zero-order valence-electron chi connectivity index (χ0n) is 16.2. The summed E-state index contributed by atoms with van der Waals surface area (Å²) < 4.78 is 12.9. The molecular formula is C24H37F. The standard InChI is InChI=1S/C24H37F/c1-2-3-4-5-6-7-8-9-10-21-11-13-22(14-12-21)15-16-23-17-19-24(25)20-18-23/h13,17-21H,2-12,14-16H2,1H3. The van der Waals surface area contributed by atoms with E-state index in [2.05, 4.69) is 13.0 Å².